The Balaban J connectivity index is 1.43. The van der Waals surface area contributed by atoms with Gasteiger partial charge < -0.3 is 15.0 Å². The van der Waals surface area contributed by atoms with Crippen LogP contribution in [0.4, 0.5) is 10.1 Å². The molecular formula is C16H24FN3O. The first-order valence-corrected chi connectivity index (χ1v) is 7.87. The molecule has 2 aliphatic rings. The predicted octanol–water partition coefficient (Wildman–Crippen LogP) is 1.33. The van der Waals surface area contributed by atoms with Crippen molar-refractivity contribution in [3.8, 4) is 0 Å². The zero-order valence-corrected chi connectivity index (χ0v) is 12.4. The molecule has 0 bridgehead atoms. The van der Waals surface area contributed by atoms with Crippen LogP contribution in [0.3, 0.4) is 0 Å². The van der Waals surface area contributed by atoms with Crippen molar-refractivity contribution in [1.82, 2.24) is 10.2 Å². The van der Waals surface area contributed by atoms with Gasteiger partial charge in [0.1, 0.15) is 5.82 Å². The van der Waals surface area contributed by atoms with Crippen LogP contribution >= 0.6 is 0 Å². The van der Waals surface area contributed by atoms with E-state index in [4.69, 9.17) is 4.74 Å². The molecule has 2 heterocycles. The number of benzene rings is 1. The minimum absolute atomic E-state index is 0.118. The van der Waals surface area contributed by atoms with Crippen LogP contribution in [0.15, 0.2) is 24.3 Å². The number of hydrogen-bond donors (Lipinski definition) is 1. The summed E-state index contributed by atoms with van der Waals surface area (Å²) in [6.07, 6.45) is 1.43. The van der Waals surface area contributed by atoms with Gasteiger partial charge in [0.15, 0.2) is 0 Å². The summed E-state index contributed by atoms with van der Waals surface area (Å²) in [5, 5.41) is 3.36. The molecule has 116 valence electrons. The SMILES string of the molecule is Fc1ccccc1N1CCN(CCC2CNCCO2)CC1. The first-order valence-electron chi connectivity index (χ1n) is 7.87. The molecule has 4 nitrogen and oxygen atoms in total. The Morgan fingerprint density at radius 1 is 1.19 bits per heavy atom. The van der Waals surface area contributed by atoms with E-state index < -0.39 is 0 Å². The summed E-state index contributed by atoms with van der Waals surface area (Å²) in [5.74, 6) is -0.118. The standard InChI is InChI=1S/C16H24FN3O/c17-15-3-1-2-4-16(15)20-10-8-19(9-11-20)7-5-14-13-18-6-12-21-14/h1-4,14,18H,5-13H2. The normalized spacial score (nSPS) is 24.2. The molecule has 1 aromatic carbocycles. The highest BCUT2D eigenvalue weighted by molar-refractivity contribution is 5.47. The van der Waals surface area contributed by atoms with Gasteiger partial charge in [0.25, 0.3) is 0 Å². The number of anilines is 1. The summed E-state index contributed by atoms with van der Waals surface area (Å²) < 4.78 is 19.5. The lowest BCUT2D eigenvalue weighted by atomic mass is 10.2. The topological polar surface area (TPSA) is 27.7 Å². The van der Waals surface area contributed by atoms with E-state index in [0.717, 1.165) is 64.5 Å². The average Bonchev–Trinajstić information content (AvgIpc) is 2.55. The van der Waals surface area contributed by atoms with E-state index >= 15 is 0 Å². The largest absolute Gasteiger partial charge is 0.376 e. The third kappa shape index (κ3) is 3.93. The van der Waals surface area contributed by atoms with Crippen LogP contribution < -0.4 is 10.2 Å². The zero-order valence-electron chi connectivity index (χ0n) is 12.4. The van der Waals surface area contributed by atoms with Crippen molar-refractivity contribution in [3.63, 3.8) is 0 Å². The van der Waals surface area contributed by atoms with Crippen molar-refractivity contribution < 1.29 is 9.13 Å². The highest BCUT2D eigenvalue weighted by atomic mass is 19.1. The van der Waals surface area contributed by atoms with Gasteiger partial charge in [-0.1, -0.05) is 12.1 Å². The molecule has 1 aromatic rings. The van der Waals surface area contributed by atoms with Crippen molar-refractivity contribution in [1.29, 1.82) is 0 Å². The molecule has 1 N–H and O–H groups in total. The van der Waals surface area contributed by atoms with Gasteiger partial charge in [-0.05, 0) is 18.6 Å². The maximum Gasteiger partial charge on any atom is 0.146 e. The highest BCUT2D eigenvalue weighted by Gasteiger charge is 2.20. The minimum Gasteiger partial charge on any atom is -0.376 e. The van der Waals surface area contributed by atoms with E-state index in [2.05, 4.69) is 15.1 Å². The van der Waals surface area contributed by atoms with Crippen molar-refractivity contribution in [2.24, 2.45) is 0 Å². The first-order chi connectivity index (χ1) is 10.3. The Morgan fingerprint density at radius 2 is 2.00 bits per heavy atom. The van der Waals surface area contributed by atoms with Gasteiger partial charge >= 0.3 is 0 Å². The third-order valence-corrected chi connectivity index (χ3v) is 4.34. The highest BCUT2D eigenvalue weighted by Crippen LogP contribution is 2.20. The number of hydrogen-bond acceptors (Lipinski definition) is 4. The molecule has 0 radical (unpaired) electrons. The smallest absolute Gasteiger partial charge is 0.146 e. The molecule has 2 saturated heterocycles. The molecule has 0 aliphatic carbocycles. The molecule has 21 heavy (non-hydrogen) atoms. The van der Waals surface area contributed by atoms with E-state index in [9.17, 15) is 4.39 Å². The van der Waals surface area contributed by atoms with Crippen molar-refractivity contribution >= 4 is 5.69 Å². The molecule has 2 fully saturated rings. The fourth-order valence-corrected chi connectivity index (χ4v) is 3.05. The van der Waals surface area contributed by atoms with Crippen LogP contribution in [0, 0.1) is 5.82 Å². The van der Waals surface area contributed by atoms with Gasteiger partial charge in [0.05, 0.1) is 18.4 Å². The fourth-order valence-electron chi connectivity index (χ4n) is 3.05. The molecule has 0 saturated carbocycles. The van der Waals surface area contributed by atoms with Crippen LogP contribution in [-0.4, -0.2) is 63.4 Å². The fraction of sp³-hybridized carbons (Fsp3) is 0.625. The van der Waals surface area contributed by atoms with E-state index in [1.807, 2.05) is 12.1 Å². The Kier molecular flexibility index (Phi) is 5.06. The van der Waals surface area contributed by atoms with Crippen LogP contribution in [0.1, 0.15) is 6.42 Å². The number of nitrogens with zero attached hydrogens (tertiary/aromatic N) is 2. The lowest BCUT2D eigenvalue weighted by molar-refractivity contribution is 0.0171. The Bertz CT molecular complexity index is 443. The number of rotatable bonds is 4. The third-order valence-electron chi connectivity index (χ3n) is 4.34. The lowest BCUT2D eigenvalue weighted by Gasteiger charge is -2.37. The van der Waals surface area contributed by atoms with Gasteiger partial charge in [-0.15, -0.1) is 0 Å². The predicted molar refractivity (Wildman–Crippen MR) is 82.3 cm³/mol. The van der Waals surface area contributed by atoms with Crippen LogP contribution in [0.25, 0.3) is 0 Å². The molecule has 0 amide bonds. The van der Waals surface area contributed by atoms with Gasteiger partial charge in [0, 0.05) is 45.8 Å². The van der Waals surface area contributed by atoms with Gasteiger partial charge in [-0.3, -0.25) is 4.90 Å². The van der Waals surface area contributed by atoms with E-state index in [1.165, 1.54) is 6.07 Å². The molecule has 0 spiro atoms. The van der Waals surface area contributed by atoms with Gasteiger partial charge in [-0.2, -0.15) is 0 Å². The van der Waals surface area contributed by atoms with Crippen molar-refractivity contribution in [2.75, 3.05) is 57.3 Å². The maximum atomic E-state index is 13.8. The Morgan fingerprint density at radius 3 is 2.71 bits per heavy atom. The van der Waals surface area contributed by atoms with Crippen LogP contribution in [-0.2, 0) is 4.74 Å². The number of para-hydroxylation sites is 1. The first kappa shape index (κ1) is 14.8. The molecule has 1 atom stereocenters. The second-order valence-corrected chi connectivity index (χ2v) is 5.77. The van der Waals surface area contributed by atoms with E-state index in [-0.39, 0.29) is 5.82 Å². The minimum atomic E-state index is -0.118. The molecule has 3 rings (SSSR count). The monoisotopic (exact) mass is 293 g/mol. The number of halogens is 1. The average molecular weight is 293 g/mol. The van der Waals surface area contributed by atoms with E-state index in [1.54, 1.807) is 6.07 Å². The molecule has 0 aromatic heterocycles. The number of piperazine rings is 1. The summed E-state index contributed by atoms with van der Waals surface area (Å²) in [7, 11) is 0. The number of nitrogens with one attached hydrogen (secondary N) is 1. The Labute approximate surface area is 125 Å². The van der Waals surface area contributed by atoms with Crippen LogP contribution in [0.2, 0.25) is 0 Å². The molecule has 2 aliphatic heterocycles. The Hall–Kier alpha value is -1.17. The van der Waals surface area contributed by atoms with Crippen LogP contribution in [0.5, 0.6) is 0 Å². The summed E-state index contributed by atoms with van der Waals surface area (Å²) in [6.45, 7) is 7.61. The second kappa shape index (κ2) is 7.20. The summed E-state index contributed by atoms with van der Waals surface area (Å²) in [4.78, 5) is 4.60. The maximum absolute atomic E-state index is 13.8. The summed E-state index contributed by atoms with van der Waals surface area (Å²) >= 11 is 0. The van der Waals surface area contributed by atoms with Gasteiger partial charge in [0.2, 0.25) is 0 Å². The van der Waals surface area contributed by atoms with Gasteiger partial charge in [-0.25, -0.2) is 4.39 Å². The quantitative estimate of drug-likeness (QED) is 0.906. The lowest BCUT2D eigenvalue weighted by Crippen LogP contribution is -2.48. The molecule has 5 heteroatoms. The number of ether oxygens (including phenoxy) is 1. The number of morpholine rings is 1. The summed E-state index contributed by atoms with van der Waals surface area (Å²) in [6, 6.07) is 7.05. The molecule has 1 unspecified atom stereocenters. The summed E-state index contributed by atoms with van der Waals surface area (Å²) in [5.41, 5.74) is 0.733. The zero-order chi connectivity index (χ0) is 14.5. The second-order valence-electron chi connectivity index (χ2n) is 5.77. The van der Waals surface area contributed by atoms with E-state index in [0.29, 0.717) is 6.10 Å². The molecular weight excluding hydrogens is 269 g/mol. The van der Waals surface area contributed by atoms with Crippen molar-refractivity contribution in [3.05, 3.63) is 30.1 Å². The van der Waals surface area contributed by atoms with Crippen molar-refractivity contribution in [2.45, 2.75) is 12.5 Å².